The standard InChI is InChI=1S/C17H20N2OS/c1-13(15-6-4-3-5-7-15)19-17(21)18-12-14-8-10-16(20-2)11-9-14/h3-11,13H,12H2,1-2H3,(H2,18,19,21). The average molecular weight is 300 g/mol. The van der Waals surface area contributed by atoms with Gasteiger partial charge in [-0.05, 0) is 42.4 Å². The highest BCUT2D eigenvalue weighted by Gasteiger charge is 2.05. The minimum absolute atomic E-state index is 0.182. The van der Waals surface area contributed by atoms with Crippen molar-refractivity contribution < 1.29 is 4.74 Å². The molecule has 2 aromatic rings. The Morgan fingerprint density at radius 2 is 1.76 bits per heavy atom. The van der Waals surface area contributed by atoms with Crippen LogP contribution in [0.4, 0.5) is 0 Å². The van der Waals surface area contributed by atoms with Crippen molar-refractivity contribution in [2.75, 3.05) is 7.11 Å². The van der Waals surface area contributed by atoms with E-state index in [0.29, 0.717) is 11.7 Å². The summed E-state index contributed by atoms with van der Waals surface area (Å²) < 4.78 is 5.14. The first-order chi connectivity index (χ1) is 10.2. The number of hydrogen-bond acceptors (Lipinski definition) is 2. The summed E-state index contributed by atoms with van der Waals surface area (Å²) in [6.45, 7) is 2.79. The Kier molecular flexibility index (Phi) is 5.58. The van der Waals surface area contributed by atoms with Crippen LogP contribution >= 0.6 is 12.2 Å². The third-order valence-electron chi connectivity index (χ3n) is 3.26. The lowest BCUT2D eigenvalue weighted by Gasteiger charge is -2.17. The largest absolute Gasteiger partial charge is 0.497 e. The van der Waals surface area contributed by atoms with Gasteiger partial charge in [-0.2, -0.15) is 0 Å². The summed E-state index contributed by atoms with van der Waals surface area (Å²) >= 11 is 5.33. The van der Waals surface area contributed by atoms with Gasteiger partial charge in [0.05, 0.1) is 13.2 Å². The zero-order valence-corrected chi connectivity index (χ0v) is 13.1. The van der Waals surface area contributed by atoms with Gasteiger partial charge < -0.3 is 15.4 Å². The number of hydrogen-bond donors (Lipinski definition) is 2. The van der Waals surface area contributed by atoms with E-state index in [1.165, 1.54) is 5.56 Å². The van der Waals surface area contributed by atoms with Crippen LogP contribution in [0, 0.1) is 0 Å². The van der Waals surface area contributed by atoms with E-state index < -0.39 is 0 Å². The molecule has 0 amide bonds. The van der Waals surface area contributed by atoms with Crippen molar-refractivity contribution in [1.29, 1.82) is 0 Å². The van der Waals surface area contributed by atoms with Crippen LogP contribution in [-0.4, -0.2) is 12.2 Å². The van der Waals surface area contributed by atoms with Crippen LogP contribution in [0.15, 0.2) is 54.6 Å². The first kappa shape index (κ1) is 15.3. The summed E-state index contributed by atoms with van der Waals surface area (Å²) in [6, 6.07) is 18.4. The average Bonchev–Trinajstić information content (AvgIpc) is 2.54. The lowest BCUT2D eigenvalue weighted by Crippen LogP contribution is -2.36. The second kappa shape index (κ2) is 7.64. The van der Waals surface area contributed by atoms with Gasteiger partial charge in [0.1, 0.15) is 5.75 Å². The Hall–Kier alpha value is -2.07. The molecule has 0 aliphatic rings. The SMILES string of the molecule is COc1ccc(CNC(=S)NC(C)c2ccccc2)cc1. The maximum Gasteiger partial charge on any atom is 0.167 e. The van der Waals surface area contributed by atoms with Gasteiger partial charge in [-0.3, -0.25) is 0 Å². The summed E-state index contributed by atoms with van der Waals surface area (Å²) in [5, 5.41) is 7.16. The molecule has 0 aromatic heterocycles. The maximum absolute atomic E-state index is 5.33. The van der Waals surface area contributed by atoms with Crippen molar-refractivity contribution in [1.82, 2.24) is 10.6 Å². The summed E-state index contributed by atoms with van der Waals surface area (Å²) in [5.41, 5.74) is 2.37. The fraction of sp³-hybridized carbons (Fsp3) is 0.235. The van der Waals surface area contributed by atoms with Gasteiger partial charge in [-0.25, -0.2) is 0 Å². The van der Waals surface area contributed by atoms with E-state index in [1.54, 1.807) is 7.11 Å². The molecule has 0 aliphatic heterocycles. The fourth-order valence-corrected chi connectivity index (χ4v) is 2.25. The van der Waals surface area contributed by atoms with E-state index >= 15 is 0 Å². The Bertz CT molecular complexity index is 569. The molecule has 2 rings (SSSR count). The van der Waals surface area contributed by atoms with E-state index in [4.69, 9.17) is 17.0 Å². The molecule has 0 heterocycles. The molecule has 0 saturated heterocycles. The van der Waals surface area contributed by atoms with E-state index in [2.05, 4.69) is 29.7 Å². The molecule has 1 unspecified atom stereocenters. The lowest BCUT2D eigenvalue weighted by molar-refractivity contribution is 0.414. The minimum Gasteiger partial charge on any atom is -0.497 e. The molecule has 4 heteroatoms. The Balaban J connectivity index is 1.81. The van der Waals surface area contributed by atoms with Gasteiger partial charge in [0.25, 0.3) is 0 Å². The number of thiocarbonyl (C=S) groups is 1. The number of methoxy groups -OCH3 is 1. The van der Waals surface area contributed by atoms with Crippen molar-refractivity contribution >= 4 is 17.3 Å². The van der Waals surface area contributed by atoms with E-state index in [-0.39, 0.29) is 6.04 Å². The number of ether oxygens (including phenoxy) is 1. The third-order valence-corrected chi connectivity index (χ3v) is 3.52. The molecule has 0 fully saturated rings. The van der Waals surface area contributed by atoms with Crippen molar-refractivity contribution in [3.8, 4) is 5.75 Å². The zero-order chi connectivity index (χ0) is 15.1. The van der Waals surface area contributed by atoms with E-state index in [1.807, 2.05) is 42.5 Å². The van der Waals surface area contributed by atoms with Crippen LogP contribution < -0.4 is 15.4 Å². The molecule has 3 nitrogen and oxygen atoms in total. The molecule has 0 aliphatic carbocycles. The van der Waals surface area contributed by atoms with Crippen LogP contribution in [0.25, 0.3) is 0 Å². The first-order valence-electron chi connectivity index (χ1n) is 6.91. The highest BCUT2D eigenvalue weighted by atomic mass is 32.1. The van der Waals surface area contributed by atoms with Crippen LogP contribution in [0.5, 0.6) is 5.75 Å². The Morgan fingerprint density at radius 3 is 2.38 bits per heavy atom. The molecule has 0 radical (unpaired) electrons. The molecule has 21 heavy (non-hydrogen) atoms. The van der Waals surface area contributed by atoms with Gasteiger partial charge in [0.2, 0.25) is 0 Å². The highest BCUT2D eigenvalue weighted by Crippen LogP contribution is 2.12. The zero-order valence-electron chi connectivity index (χ0n) is 12.3. The molecule has 1 atom stereocenters. The summed E-state index contributed by atoms with van der Waals surface area (Å²) in [6.07, 6.45) is 0. The summed E-state index contributed by atoms with van der Waals surface area (Å²) in [4.78, 5) is 0. The van der Waals surface area contributed by atoms with Gasteiger partial charge in [-0.1, -0.05) is 42.5 Å². The quantitative estimate of drug-likeness (QED) is 0.829. The normalized spacial score (nSPS) is 11.5. The van der Waals surface area contributed by atoms with Gasteiger partial charge in [0.15, 0.2) is 5.11 Å². The second-order valence-electron chi connectivity index (χ2n) is 4.81. The van der Waals surface area contributed by atoms with Crippen LogP contribution in [0.1, 0.15) is 24.1 Å². The van der Waals surface area contributed by atoms with E-state index in [0.717, 1.165) is 11.3 Å². The lowest BCUT2D eigenvalue weighted by atomic mass is 10.1. The molecule has 110 valence electrons. The summed E-state index contributed by atoms with van der Waals surface area (Å²) in [7, 11) is 1.66. The van der Waals surface area contributed by atoms with Gasteiger partial charge in [-0.15, -0.1) is 0 Å². The van der Waals surface area contributed by atoms with Crippen molar-refractivity contribution in [2.24, 2.45) is 0 Å². The Labute approximate surface area is 131 Å². The monoisotopic (exact) mass is 300 g/mol. The number of rotatable bonds is 5. The molecule has 2 aromatic carbocycles. The predicted octanol–water partition coefficient (Wildman–Crippen LogP) is 3.42. The summed E-state index contributed by atoms with van der Waals surface area (Å²) in [5.74, 6) is 0.858. The molecule has 0 saturated carbocycles. The predicted molar refractivity (Wildman–Crippen MR) is 90.4 cm³/mol. The van der Waals surface area contributed by atoms with E-state index in [9.17, 15) is 0 Å². The fourth-order valence-electron chi connectivity index (χ4n) is 2.00. The smallest absolute Gasteiger partial charge is 0.167 e. The highest BCUT2D eigenvalue weighted by molar-refractivity contribution is 7.80. The molecule has 2 N–H and O–H groups in total. The van der Waals surface area contributed by atoms with Crippen molar-refractivity contribution in [3.63, 3.8) is 0 Å². The number of nitrogens with one attached hydrogen (secondary N) is 2. The molecular weight excluding hydrogens is 280 g/mol. The van der Waals surface area contributed by atoms with Gasteiger partial charge in [0, 0.05) is 6.54 Å². The third kappa shape index (κ3) is 4.76. The van der Waals surface area contributed by atoms with Crippen LogP contribution in [-0.2, 0) is 6.54 Å². The number of benzene rings is 2. The topological polar surface area (TPSA) is 33.3 Å². The van der Waals surface area contributed by atoms with Crippen LogP contribution in [0.2, 0.25) is 0 Å². The second-order valence-corrected chi connectivity index (χ2v) is 5.22. The Morgan fingerprint density at radius 1 is 1.10 bits per heavy atom. The molecule has 0 bridgehead atoms. The van der Waals surface area contributed by atoms with Crippen LogP contribution in [0.3, 0.4) is 0 Å². The molecule has 0 spiro atoms. The molecular formula is C17H20N2OS. The van der Waals surface area contributed by atoms with Gasteiger partial charge >= 0.3 is 0 Å². The van der Waals surface area contributed by atoms with Crippen molar-refractivity contribution in [2.45, 2.75) is 19.5 Å². The van der Waals surface area contributed by atoms with Crippen molar-refractivity contribution in [3.05, 3.63) is 65.7 Å². The first-order valence-corrected chi connectivity index (χ1v) is 7.32. The maximum atomic E-state index is 5.33. The minimum atomic E-state index is 0.182.